The summed E-state index contributed by atoms with van der Waals surface area (Å²) in [6, 6.07) is 2.09. The van der Waals surface area contributed by atoms with E-state index in [-0.39, 0.29) is 27.6 Å². The van der Waals surface area contributed by atoms with Gasteiger partial charge in [0, 0.05) is 24.3 Å². The SMILES string of the molecule is CNc1nc(S(C)=O)nc2c(F)c(-c3c(C4CC4)c(C)cc4c3cnn4PI)[nH]c(=O)c12. The number of aromatic amines is 1. The minimum Gasteiger partial charge on any atom is -0.372 e. The Labute approximate surface area is 199 Å². The average Bonchev–Trinajstić information content (AvgIpc) is 3.53. The van der Waals surface area contributed by atoms with Gasteiger partial charge in [0.15, 0.2) is 5.82 Å². The molecule has 1 aliphatic rings. The molecule has 8 nitrogen and oxygen atoms in total. The van der Waals surface area contributed by atoms with Gasteiger partial charge in [-0.15, -0.1) is 0 Å². The molecular weight excluding hydrogens is 565 g/mol. The lowest BCUT2D eigenvalue weighted by Crippen LogP contribution is -2.16. The zero-order chi connectivity index (χ0) is 22.7. The Kier molecular flexibility index (Phi) is 5.53. The van der Waals surface area contributed by atoms with Crippen LogP contribution in [0, 0.1) is 12.7 Å². The zero-order valence-electron chi connectivity index (χ0n) is 17.4. The standard InChI is InChI=1S/C20H19FIN6O2PS/c1-8-6-11-10(7-24-28(11)31-22)13(12(8)9-4-5-9)16-15(21)17-14(19(29)25-16)18(23-2)27-20(26-17)32(3)30/h6-7,9,31H,4-5H2,1-3H3,(H,25,29)(H,23,26,27). The van der Waals surface area contributed by atoms with Crippen molar-refractivity contribution in [3.63, 3.8) is 0 Å². The van der Waals surface area contributed by atoms with Crippen molar-refractivity contribution in [2.24, 2.45) is 0 Å². The predicted molar refractivity (Wildman–Crippen MR) is 135 cm³/mol. The van der Waals surface area contributed by atoms with Crippen LogP contribution in [0.2, 0.25) is 0 Å². The summed E-state index contributed by atoms with van der Waals surface area (Å²) >= 11 is 2.26. The number of fused-ring (bicyclic) bond motifs is 2. The molecule has 0 radical (unpaired) electrons. The molecule has 32 heavy (non-hydrogen) atoms. The molecule has 1 fully saturated rings. The van der Waals surface area contributed by atoms with Gasteiger partial charge in [0.05, 0.1) is 34.6 Å². The smallest absolute Gasteiger partial charge is 0.261 e. The molecule has 0 bridgehead atoms. The van der Waals surface area contributed by atoms with Gasteiger partial charge in [0.2, 0.25) is 5.16 Å². The van der Waals surface area contributed by atoms with E-state index in [1.807, 2.05) is 11.4 Å². The number of aromatic nitrogens is 5. The maximum Gasteiger partial charge on any atom is 0.261 e. The summed E-state index contributed by atoms with van der Waals surface area (Å²) in [5.41, 5.74) is 3.06. The van der Waals surface area contributed by atoms with Crippen LogP contribution in [0.15, 0.2) is 22.2 Å². The number of nitrogens with one attached hydrogen (secondary N) is 2. The number of aryl methyl sites for hydroxylation is 1. The summed E-state index contributed by atoms with van der Waals surface area (Å²) in [6.07, 6.45) is 5.57. The van der Waals surface area contributed by atoms with E-state index in [4.69, 9.17) is 0 Å². The first kappa shape index (κ1) is 21.8. The number of anilines is 1. The van der Waals surface area contributed by atoms with E-state index in [1.165, 1.54) is 6.26 Å². The van der Waals surface area contributed by atoms with E-state index >= 15 is 4.39 Å². The van der Waals surface area contributed by atoms with Gasteiger partial charge in [0.25, 0.3) is 5.56 Å². The third-order valence-electron chi connectivity index (χ3n) is 5.71. The van der Waals surface area contributed by atoms with Crippen LogP contribution in [-0.2, 0) is 10.8 Å². The lowest BCUT2D eigenvalue weighted by atomic mass is 9.92. The zero-order valence-corrected chi connectivity index (χ0v) is 21.4. The summed E-state index contributed by atoms with van der Waals surface area (Å²) in [5.74, 6) is -0.207. The third-order valence-corrected chi connectivity index (χ3v) is 8.30. The molecule has 1 aliphatic carbocycles. The molecule has 0 aliphatic heterocycles. The number of nitrogens with zero attached hydrogens (tertiary/aromatic N) is 4. The normalized spacial score (nSPS) is 15.3. The van der Waals surface area contributed by atoms with E-state index in [1.54, 1.807) is 13.2 Å². The first-order chi connectivity index (χ1) is 15.3. The lowest BCUT2D eigenvalue weighted by molar-refractivity contribution is 0.631. The van der Waals surface area contributed by atoms with Crippen LogP contribution in [0.4, 0.5) is 10.2 Å². The number of pyridine rings is 1. The van der Waals surface area contributed by atoms with E-state index in [9.17, 15) is 9.00 Å². The van der Waals surface area contributed by atoms with Gasteiger partial charge in [-0.25, -0.2) is 18.8 Å². The Morgan fingerprint density at radius 1 is 1.38 bits per heavy atom. The Bertz CT molecular complexity index is 1500. The van der Waals surface area contributed by atoms with Crippen LogP contribution in [0.5, 0.6) is 0 Å². The number of halogens is 2. The molecule has 2 N–H and O–H groups in total. The molecule has 1 saturated carbocycles. The second-order valence-electron chi connectivity index (χ2n) is 7.76. The van der Waals surface area contributed by atoms with Crippen LogP contribution in [0.25, 0.3) is 33.1 Å². The van der Waals surface area contributed by atoms with Crippen molar-refractivity contribution in [1.82, 2.24) is 24.5 Å². The molecule has 5 rings (SSSR count). The van der Waals surface area contributed by atoms with Gasteiger partial charge in [0.1, 0.15) is 16.7 Å². The van der Waals surface area contributed by atoms with E-state index in [0.29, 0.717) is 17.9 Å². The molecule has 0 amide bonds. The lowest BCUT2D eigenvalue weighted by Gasteiger charge is -2.16. The van der Waals surface area contributed by atoms with Gasteiger partial charge >= 0.3 is 0 Å². The van der Waals surface area contributed by atoms with E-state index in [0.717, 1.165) is 34.9 Å². The predicted octanol–water partition coefficient (Wildman–Crippen LogP) is 4.23. The fourth-order valence-electron chi connectivity index (χ4n) is 4.19. The van der Waals surface area contributed by atoms with Gasteiger partial charge in [-0.1, -0.05) is 0 Å². The Hall–Kier alpha value is -1.98. The molecule has 2 atom stereocenters. The number of benzene rings is 1. The summed E-state index contributed by atoms with van der Waals surface area (Å²) in [7, 11) is 0.0305. The number of hydrogen-bond acceptors (Lipinski definition) is 6. The van der Waals surface area contributed by atoms with Crippen LogP contribution in [0.1, 0.15) is 29.9 Å². The van der Waals surface area contributed by atoms with Crippen LogP contribution < -0.4 is 10.9 Å². The summed E-state index contributed by atoms with van der Waals surface area (Å²) < 4.78 is 30.0. The first-order valence-corrected chi connectivity index (χ1v) is 15.5. The molecule has 0 spiro atoms. The van der Waals surface area contributed by atoms with Crippen molar-refractivity contribution in [3.8, 4) is 11.3 Å². The van der Waals surface area contributed by atoms with Gasteiger partial charge in [-0.2, -0.15) is 5.10 Å². The Morgan fingerprint density at radius 2 is 2.12 bits per heavy atom. The summed E-state index contributed by atoms with van der Waals surface area (Å²) in [5, 5.41) is 8.03. The van der Waals surface area contributed by atoms with Crippen LogP contribution >= 0.6 is 28.4 Å². The van der Waals surface area contributed by atoms with Gasteiger partial charge in [-0.05, 0) is 64.9 Å². The highest BCUT2D eigenvalue weighted by Gasteiger charge is 2.32. The number of H-pyrrole nitrogens is 1. The molecule has 3 heterocycles. The summed E-state index contributed by atoms with van der Waals surface area (Å²) in [4.78, 5) is 24.2. The fraction of sp³-hybridized carbons (Fsp3) is 0.300. The molecule has 3 aromatic heterocycles. The fourth-order valence-corrected chi connectivity index (χ4v) is 6.16. The molecule has 12 heteroatoms. The average molecular weight is 584 g/mol. The van der Waals surface area contributed by atoms with Gasteiger partial charge < -0.3 is 10.3 Å². The van der Waals surface area contributed by atoms with Crippen molar-refractivity contribution >= 4 is 66.8 Å². The second kappa shape index (κ2) is 8.11. The number of rotatable bonds is 5. The largest absolute Gasteiger partial charge is 0.372 e. The number of hydrogen-bond donors (Lipinski definition) is 2. The Balaban J connectivity index is 1.93. The Morgan fingerprint density at radius 3 is 2.75 bits per heavy atom. The maximum atomic E-state index is 16.1. The second-order valence-corrected chi connectivity index (χ2v) is 11.1. The molecular formula is C20H19FIN6O2PS. The highest BCUT2D eigenvalue weighted by atomic mass is 127. The van der Waals surface area contributed by atoms with Crippen molar-refractivity contribution in [2.45, 2.75) is 30.8 Å². The third kappa shape index (κ3) is 3.36. The van der Waals surface area contributed by atoms with Gasteiger partial charge in [-0.3, -0.25) is 9.00 Å². The highest BCUT2D eigenvalue weighted by molar-refractivity contribution is 14.2. The molecule has 166 valence electrons. The van der Waals surface area contributed by atoms with Crippen LogP contribution in [0.3, 0.4) is 0 Å². The van der Waals surface area contributed by atoms with Crippen molar-refractivity contribution in [3.05, 3.63) is 39.6 Å². The molecule has 0 saturated heterocycles. The highest BCUT2D eigenvalue weighted by Crippen LogP contribution is 2.49. The van der Waals surface area contributed by atoms with E-state index in [2.05, 4.69) is 53.5 Å². The minimum atomic E-state index is -1.54. The van der Waals surface area contributed by atoms with E-state index < -0.39 is 22.2 Å². The van der Waals surface area contributed by atoms with Crippen LogP contribution in [-0.4, -0.2) is 42.0 Å². The molecule has 4 aromatic rings. The van der Waals surface area contributed by atoms with Crippen molar-refractivity contribution in [2.75, 3.05) is 18.6 Å². The first-order valence-electron chi connectivity index (χ1n) is 9.88. The maximum absolute atomic E-state index is 16.1. The molecule has 1 aromatic carbocycles. The van der Waals surface area contributed by atoms with Crippen molar-refractivity contribution in [1.29, 1.82) is 0 Å². The van der Waals surface area contributed by atoms with Crippen molar-refractivity contribution < 1.29 is 8.60 Å². The summed E-state index contributed by atoms with van der Waals surface area (Å²) in [6.45, 7) is 2.01. The quantitative estimate of drug-likeness (QED) is 0.207. The minimum absolute atomic E-state index is 0.00394. The monoisotopic (exact) mass is 584 g/mol. The topological polar surface area (TPSA) is 106 Å². The molecule has 2 unspecified atom stereocenters.